The number of hydrogen-bond donors (Lipinski definition) is 0. The fraction of sp³-hybridized carbons (Fsp3) is 0.818. The van der Waals surface area contributed by atoms with Crippen LogP contribution < -0.4 is 0 Å². The molecule has 3 fully saturated rings. The lowest BCUT2D eigenvalue weighted by Crippen LogP contribution is -2.43. The first-order valence-corrected chi connectivity index (χ1v) is 10.1. The molecule has 0 radical (unpaired) electrons. The number of rotatable bonds is 4. The molecule has 26 heavy (non-hydrogen) atoms. The van der Waals surface area contributed by atoms with Gasteiger partial charge in [-0.1, -0.05) is 32.9 Å². The molecule has 0 aromatic rings. The zero-order valence-electron chi connectivity index (χ0n) is 16.8. The molecule has 1 saturated heterocycles. The molecule has 0 N–H and O–H groups in total. The molecule has 0 amide bonds. The Morgan fingerprint density at radius 1 is 1.35 bits per heavy atom. The minimum Gasteiger partial charge on any atom is -0.466 e. The number of ether oxygens (including phenoxy) is 2. The molecule has 0 bridgehead atoms. The molecule has 0 spiro atoms. The largest absolute Gasteiger partial charge is 0.466 e. The monoisotopic (exact) mass is 362 g/mol. The van der Waals surface area contributed by atoms with Crippen LogP contribution in [0.5, 0.6) is 0 Å². The second kappa shape index (κ2) is 7.01. The second-order valence-corrected chi connectivity index (χ2v) is 9.69. The predicted octanol–water partition coefficient (Wildman–Crippen LogP) is 4.53. The van der Waals surface area contributed by atoms with E-state index >= 15 is 0 Å². The highest BCUT2D eigenvalue weighted by Crippen LogP contribution is 2.63. The number of carbonyl (C=O) groups excluding carboxylic acids is 2. The molecule has 2 saturated carbocycles. The van der Waals surface area contributed by atoms with Crippen LogP contribution in [0.2, 0.25) is 0 Å². The molecule has 4 nitrogen and oxygen atoms in total. The molecule has 5 unspecified atom stereocenters. The van der Waals surface area contributed by atoms with Crippen molar-refractivity contribution in [2.24, 2.45) is 34.5 Å². The smallest absolute Gasteiger partial charge is 0.306 e. The van der Waals surface area contributed by atoms with Gasteiger partial charge in [0, 0.05) is 18.8 Å². The third kappa shape index (κ3) is 3.44. The number of carbonyl (C=O) groups is 2. The van der Waals surface area contributed by atoms with Crippen molar-refractivity contribution in [1.82, 2.24) is 0 Å². The molecular weight excluding hydrogens is 328 g/mol. The summed E-state index contributed by atoms with van der Waals surface area (Å²) in [5.74, 6) is 0.930. The Hall–Kier alpha value is -1.32. The average molecular weight is 363 g/mol. The van der Waals surface area contributed by atoms with Gasteiger partial charge in [0.05, 0.1) is 19.6 Å². The molecule has 1 heterocycles. The minimum atomic E-state index is -0.251. The van der Waals surface area contributed by atoms with Gasteiger partial charge in [0.1, 0.15) is 0 Å². The second-order valence-electron chi connectivity index (χ2n) is 9.69. The Bertz CT molecular complexity index is 593. The Morgan fingerprint density at radius 3 is 2.69 bits per heavy atom. The Labute approximate surface area is 157 Å². The summed E-state index contributed by atoms with van der Waals surface area (Å²) in [6.07, 6.45) is 6.25. The van der Waals surface area contributed by atoms with Crippen molar-refractivity contribution in [2.75, 3.05) is 13.2 Å². The predicted molar refractivity (Wildman–Crippen MR) is 100 cm³/mol. The van der Waals surface area contributed by atoms with Gasteiger partial charge >= 0.3 is 11.9 Å². The van der Waals surface area contributed by atoms with Crippen LogP contribution in [0.4, 0.5) is 0 Å². The molecule has 5 atom stereocenters. The summed E-state index contributed by atoms with van der Waals surface area (Å²) in [6.45, 7) is 13.9. The zero-order valence-corrected chi connectivity index (χ0v) is 16.8. The number of hydrogen-bond acceptors (Lipinski definition) is 4. The van der Waals surface area contributed by atoms with E-state index in [-0.39, 0.29) is 29.2 Å². The quantitative estimate of drug-likeness (QED) is 0.545. The Kier molecular flexibility index (Phi) is 5.24. The average Bonchev–Trinajstić information content (AvgIpc) is 3.08. The van der Waals surface area contributed by atoms with Gasteiger partial charge in [-0.15, -0.1) is 0 Å². The molecule has 0 aromatic carbocycles. The highest BCUT2D eigenvalue weighted by Gasteiger charge is 2.57. The van der Waals surface area contributed by atoms with E-state index in [4.69, 9.17) is 9.47 Å². The third-order valence-electron chi connectivity index (χ3n) is 7.64. The van der Waals surface area contributed by atoms with Gasteiger partial charge < -0.3 is 9.47 Å². The number of allylic oxidation sites excluding steroid dienone is 1. The highest BCUT2D eigenvalue weighted by molar-refractivity contribution is 5.71. The summed E-state index contributed by atoms with van der Waals surface area (Å²) >= 11 is 0. The lowest BCUT2D eigenvalue weighted by molar-refractivity contribution is -0.145. The topological polar surface area (TPSA) is 52.6 Å². The van der Waals surface area contributed by atoms with Crippen molar-refractivity contribution in [3.8, 4) is 0 Å². The molecule has 3 aliphatic rings. The zero-order chi connectivity index (χ0) is 19.1. The van der Waals surface area contributed by atoms with Gasteiger partial charge in [-0.05, 0) is 54.8 Å². The van der Waals surface area contributed by atoms with Crippen LogP contribution >= 0.6 is 0 Å². The molecule has 146 valence electrons. The van der Waals surface area contributed by atoms with E-state index in [1.807, 2.05) is 0 Å². The van der Waals surface area contributed by atoms with Gasteiger partial charge in [0.25, 0.3) is 0 Å². The third-order valence-corrected chi connectivity index (χ3v) is 7.64. The summed E-state index contributed by atoms with van der Waals surface area (Å²) in [5.41, 5.74) is 1.66. The molecule has 4 heteroatoms. The first kappa shape index (κ1) is 19.4. The van der Waals surface area contributed by atoms with Gasteiger partial charge in [-0.2, -0.15) is 0 Å². The van der Waals surface area contributed by atoms with E-state index in [0.717, 1.165) is 12.8 Å². The van der Waals surface area contributed by atoms with Gasteiger partial charge in [-0.25, -0.2) is 0 Å². The van der Waals surface area contributed by atoms with Crippen LogP contribution in [0, 0.1) is 34.5 Å². The maximum absolute atomic E-state index is 11.8. The van der Waals surface area contributed by atoms with Crippen molar-refractivity contribution >= 4 is 11.9 Å². The van der Waals surface area contributed by atoms with Crippen molar-refractivity contribution in [2.45, 2.75) is 66.2 Å². The number of esters is 2. The molecule has 2 aliphatic carbocycles. The summed E-state index contributed by atoms with van der Waals surface area (Å²) in [7, 11) is 0. The molecule has 1 aliphatic heterocycles. The van der Waals surface area contributed by atoms with E-state index in [0.29, 0.717) is 36.9 Å². The number of cyclic esters (lactones) is 1. The van der Waals surface area contributed by atoms with Crippen LogP contribution in [0.3, 0.4) is 0 Å². The van der Waals surface area contributed by atoms with Gasteiger partial charge in [0.15, 0.2) is 0 Å². The lowest BCUT2D eigenvalue weighted by atomic mass is 9.59. The van der Waals surface area contributed by atoms with E-state index in [1.165, 1.54) is 31.8 Å². The van der Waals surface area contributed by atoms with Gasteiger partial charge in [0.2, 0.25) is 0 Å². The summed E-state index contributed by atoms with van der Waals surface area (Å²) in [6, 6.07) is 0. The van der Waals surface area contributed by atoms with Crippen molar-refractivity contribution in [3.05, 3.63) is 12.2 Å². The highest BCUT2D eigenvalue weighted by atomic mass is 16.5. The van der Waals surface area contributed by atoms with Crippen molar-refractivity contribution in [3.63, 3.8) is 0 Å². The fourth-order valence-corrected chi connectivity index (χ4v) is 6.23. The Morgan fingerprint density at radius 2 is 2.08 bits per heavy atom. The van der Waals surface area contributed by atoms with Crippen LogP contribution in [0.15, 0.2) is 12.2 Å². The van der Waals surface area contributed by atoms with Crippen LogP contribution in [-0.4, -0.2) is 25.2 Å². The van der Waals surface area contributed by atoms with Crippen molar-refractivity contribution in [1.29, 1.82) is 0 Å². The fourth-order valence-electron chi connectivity index (χ4n) is 6.23. The van der Waals surface area contributed by atoms with E-state index in [9.17, 15) is 9.59 Å². The standard InChI is InChI=1S/C22H34O4/c1-14-7-6-9-21(3,4)17-8-10-22(5,20(14)17)18(13-25-15(2)23)16-11-19(24)26-12-16/h16-18,20H,1,6-13H2,2-5H3. The number of fused-ring (bicyclic) bond motifs is 1. The molecule has 0 aromatic heterocycles. The first-order chi connectivity index (χ1) is 12.1. The summed E-state index contributed by atoms with van der Waals surface area (Å²) < 4.78 is 10.8. The maximum atomic E-state index is 11.8. The van der Waals surface area contributed by atoms with E-state index < -0.39 is 0 Å². The van der Waals surface area contributed by atoms with Crippen molar-refractivity contribution < 1.29 is 19.1 Å². The normalized spacial score (nSPS) is 37.6. The van der Waals surface area contributed by atoms with Crippen LogP contribution in [-0.2, 0) is 19.1 Å². The first-order valence-electron chi connectivity index (χ1n) is 10.1. The lowest BCUT2D eigenvalue weighted by Gasteiger charge is -2.45. The minimum absolute atomic E-state index is 0.00252. The molecular formula is C22H34O4. The Balaban J connectivity index is 1.94. The van der Waals surface area contributed by atoms with E-state index in [2.05, 4.69) is 27.4 Å². The van der Waals surface area contributed by atoms with Crippen LogP contribution in [0.25, 0.3) is 0 Å². The van der Waals surface area contributed by atoms with Gasteiger partial charge in [-0.3, -0.25) is 9.59 Å². The summed E-state index contributed by atoms with van der Waals surface area (Å²) in [4.78, 5) is 23.3. The maximum Gasteiger partial charge on any atom is 0.306 e. The summed E-state index contributed by atoms with van der Waals surface area (Å²) in [5, 5.41) is 0. The van der Waals surface area contributed by atoms with Crippen LogP contribution in [0.1, 0.15) is 66.2 Å². The van der Waals surface area contributed by atoms with E-state index in [1.54, 1.807) is 0 Å². The SMILES string of the molecule is C=C1CCCC(C)(C)C2CCC(C)(C(COC(C)=O)C3COC(=O)C3)C12. The molecule has 3 rings (SSSR count).